The molecule has 2 amide bonds. The molecule has 0 aromatic heterocycles. The largest absolute Gasteiger partial charge is 0.497 e. The second-order valence-electron chi connectivity index (χ2n) is 8.56. The summed E-state index contributed by atoms with van der Waals surface area (Å²) < 4.78 is 37.2. The number of ether oxygens (including phenoxy) is 2. The predicted octanol–water partition coefficient (Wildman–Crippen LogP) is 3.19. The van der Waals surface area contributed by atoms with E-state index in [1.54, 1.807) is 12.1 Å². The number of rotatable bonds is 13. The van der Waals surface area contributed by atoms with Gasteiger partial charge in [0, 0.05) is 18.7 Å². The summed E-state index contributed by atoms with van der Waals surface area (Å²) >= 11 is 0. The molecule has 0 radical (unpaired) electrons. The van der Waals surface area contributed by atoms with Gasteiger partial charge in [0.05, 0.1) is 26.2 Å². The van der Waals surface area contributed by atoms with Crippen LogP contribution in [0.5, 0.6) is 11.5 Å². The van der Waals surface area contributed by atoms with Gasteiger partial charge in [-0.25, -0.2) is 8.42 Å². The van der Waals surface area contributed by atoms with Gasteiger partial charge < -0.3 is 19.7 Å². The quantitative estimate of drug-likeness (QED) is 0.436. The molecule has 0 spiro atoms. The fourth-order valence-corrected chi connectivity index (χ4v) is 4.58. The van der Waals surface area contributed by atoms with Crippen LogP contribution in [0.4, 0.5) is 5.69 Å². The van der Waals surface area contributed by atoms with Crippen molar-refractivity contribution in [2.24, 2.45) is 0 Å². The summed E-state index contributed by atoms with van der Waals surface area (Å²) in [5.74, 6) is -0.0602. The van der Waals surface area contributed by atoms with Crippen LogP contribution < -0.4 is 19.1 Å². The van der Waals surface area contributed by atoms with Crippen LogP contribution >= 0.6 is 0 Å². The molecule has 0 unspecified atom stereocenters. The smallest absolute Gasteiger partial charge is 0.244 e. The topological polar surface area (TPSA) is 105 Å². The number of hydrogen-bond acceptors (Lipinski definition) is 6. The summed E-state index contributed by atoms with van der Waals surface area (Å²) in [4.78, 5) is 28.3. The first-order chi connectivity index (χ1) is 17.0. The van der Waals surface area contributed by atoms with Crippen LogP contribution in [-0.4, -0.2) is 64.2 Å². The van der Waals surface area contributed by atoms with Crippen LogP contribution in [0.25, 0.3) is 0 Å². The van der Waals surface area contributed by atoms with Gasteiger partial charge in [0.2, 0.25) is 21.8 Å². The summed E-state index contributed by atoms with van der Waals surface area (Å²) in [5.41, 5.74) is 1.03. The molecular weight excluding hydrogens is 482 g/mol. The van der Waals surface area contributed by atoms with E-state index in [9.17, 15) is 18.0 Å². The lowest BCUT2D eigenvalue weighted by molar-refractivity contribution is -0.140. The van der Waals surface area contributed by atoms with E-state index in [1.165, 1.54) is 25.2 Å². The maximum atomic E-state index is 13.7. The Bertz CT molecular complexity index is 1120. The molecule has 9 nitrogen and oxygen atoms in total. The highest BCUT2D eigenvalue weighted by Crippen LogP contribution is 2.33. The van der Waals surface area contributed by atoms with Gasteiger partial charge >= 0.3 is 0 Å². The molecule has 0 aliphatic heterocycles. The molecule has 2 rings (SSSR count). The number of sulfonamides is 1. The Hall–Kier alpha value is -3.27. The van der Waals surface area contributed by atoms with Gasteiger partial charge in [-0.2, -0.15) is 0 Å². The van der Waals surface area contributed by atoms with Crippen molar-refractivity contribution in [3.8, 4) is 11.5 Å². The first-order valence-electron chi connectivity index (χ1n) is 11.9. The molecule has 1 N–H and O–H groups in total. The Kier molecular flexibility index (Phi) is 10.6. The molecule has 0 aliphatic carbocycles. The number of amides is 2. The summed E-state index contributed by atoms with van der Waals surface area (Å²) in [6.07, 6.45) is 2.14. The molecule has 198 valence electrons. The SMILES string of the molecule is CC[C@@H](C)NC(=O)[C@H](CC)N(Cc1ccccc1)C(=O)CN(c1ccc(OC)cc1OC)S(C)(=O)=O. The van der Waals surface area contributed by atoms with E-state index in [0.29, 0.717) is 12.2 Å². The number of carbonyl (C=O) groups excluding carboxylic acids is 2. The standard InChI is InChI=1S/C26H37N3O6S/c1-7-19(3)27-26(31)22(8-2)28(17-20-12-10-9-11-13-20)25(30)18-29(36(6,32)33)23-15-14-21(34-4)16-24(23)35-5/h9-16,19,22H,7-8,17-18H2,1-6H3,(H,27,31)/t19-,22+/m1/s1. The molecule has 0 saturated heterocycles. The number of hydrogen-bond donors (Lipinski definition) is 1. The van der Waals surface area contributed by atoms with Crippen molar-refractivity contribution < 1.29 is 27.5 Å². The van der Waals surface area contributed by atoms with Crippen LogP contribution in [-0.2, 0) is 26.2 Å². The summed E-state index contributed by atoms with van der Waals surface area (Å²) in [6, 6.07) is 13.1. The Morgan fingerprint density at radius 1 is 1.00 bits per heavy atom. The zero-order chi connectivity index (χ0) is 26.9. The monoisotopic (exact) mass is 519 g/mol. The van der Waals surface area contributed by atoms with E-state index in [-0.39, 0.29) is 29.9 Å². The average Bonchev–Trinajstić information content (AvgIpc) is 2.86. The van der Waals surface area contributed by atoms with E-state index in [1.807, 2.05) is 51.1 Å². The van der Waals surface area contributed by atoms with Crippen molar-refractivity contribution >= 4 is 27.5 Å². The van der Waals surface area contributed by atoms with Gasteiger partial charge in [-0.15, -0.1) is 0 Å². The van der Waals surface area contributed by atoms with Crippen LogP contribution in [0.15, 0.2) is 48.5 Å². The minimum atomic E-state index is -3.88. The first kappa shape index (κ1) is 29.0. The Morgan fingerprint density at radius 2 is 1.67 bits per heavy atom. The second kappa shape index (κ2) is 13.2. The van der Waals surface area contributed by atoms with E-state index < -0.39 is 28.5 Å². The van der Waals surface area contributed by atoms with Crippen molar-refractivity contribution in [3.05, 3.63) is 54.1 Å². The van der Waals surface area contributed by atoms with Crippen LogP contribution in [0, 0.1) is 0 Å². The number of benzene rings is 2. The number of methoxy groups -OCH3 is 2. The van der Waals surface area contributed by atoms with Crippen molar-refractivity contribution in [3.63, 3.8) is 0 Å². The third kappa shape index (κ3) is 7.61. The molecule has 0 saturated carbocycles. The van der Waals surface area contributed by atoms with Gasteiger partial charge in [0.1, 0.15) is 24.1 Å². The fourth-order valence-electron chi connectivity index (χ4n) is 3.73. The Labute approximate surface area is 214 Å². The lowest BCUT2D eigenvalue weighted by Crippen LogP contribution is -2.53. The molecule has 36 heavy (non-hydrogen) atoms. The first-order valence-corrected chi connectivity index (χ1v) is 13.7. The van der Waals surface area contributed by atoms with Gasteiger partial charge in [-0.1, -0.05) is 44.2 Å². The predicted molar refractivity (Wildman–Crippen MR) is 141 cm³/mol. The molecule has 2 aromatic rings. The van der Waals surface area contributed by atoms with Crippen LogP contribution in [0.2, 0.25) is 0 Å². The number of nitrogens with one attached hydrogen (secondary N) is 1. The second-order valence-corrected chi connectivity index (χ2v) is 10.5. The van der Waals surface area contributed by atoms with Gasteiger partial charge in [0.25, 0.3) is 0 Å². The van der Waals surface area contributed by atoms with Crippen molar-refractivity contribution in [2.75, 3.05) is 31.3 Å². The van der Waals surface area contributed by atoms with Crippen LogP contribution in [0.3, 0.4) is 0 Å². The van der Waals surface area contributed by atoms with E-state index in [4.69, 9.17) is 9.47 Å². The minimum Gasteiger partial charge on any atom is -0.497 e. The molecule has 0 fully saturated rings. The van der Waals surface area contributed by atoms with E-state index in [2.05, 4.69) is 5.32 Å². The summed E-state index contributed by atoms with van der Waals surface area (Å²) in [6.45, 7) is 5.35. The molecular formula is C26H37N3O6S. The molecule has 2 aromatic carbocycles. The highest BCUT2D eigenvalue weighted by molar-refractivity contribution is 7.92. The zero-order valence-electron chi connectivity index (χ0n) is 21.9. The molecule has 0 heterocycles. The third-order valence-corrected chi connectivity index (χ3v) is 7.04. The maximum Gasteiger partial charge on any atom is 0.244 e. The Balaban J connectivity index is 2.48. The minimum absolute atomic E-state index is 0.0590. The number of carbonyl (C=O) groups is 2. The lowest BCUT2D eigenvalue weighted by atomic mass is 10.1. The molecule has 0 bridgehead atoms. The van der Waals surface area contributed by atoms with Gasteiger partial charge in [-0.05, 0) is 37.5 Å². The normalized spacial score (nSPS) is 12.8. The van der Waals surface area contributed by atoms with E-state index >= 15 is 0 Å². The Morgan fingerprint density at radius 3 is 2.19 bits per heavy atom. The fraction of sp³-hybridized carbons (Fsp3) is 0.462. The molecule has 0 aliphatic rings. The van der Waals surface area contributed by atoms with Crippen LogP contribution in [0.1, 0.15) is 39.2 Å². The van der Waals surface area contributed by atoms with Gasteiger partial charge in [-0.3, -0.25) is 13.9 Å². The maximum absolute atomic E-state index is 13.7. The van der Waals surface area contributed by atoms with Crippen molar-refractivity contribution in [1.29, 1.82) is 0 Å². The average molecular weight is 520 g/mol. The van der Waals surface area contributed by atoms with E-state index in [0.717, 1.165) is 22.5 Å². The van der Waals surface area contributed by atoms with Crippen molar-refractivity contribution in [2.45, 2.75) is 52.2 Å². The zero-order valence-corrected chi connectivity index (χ0v) is 22.7. The highest BCUT2D eigenvalue weighted by Gasteiger charge is 2.33. The number of anilines is 1. The van der Waals surface area contributed by atoms with Crippen molar-refractivity contribution in [1.82, 2.24) is 10.2 Å². The number of nitrogens with zero attached hydrogens (tertiary/aromatic N) is 2. The summed E-state index contributed by atoms with van der Waals surface area (Å²) in [7, 11) is -0.982. The molecule has 10 heteroatoms. The third-order valence-electron chi connectivity index (χ3n) is 5.92. The summed E-state index contributed by atoms with van der Waals surface area (Å²) in [5, 5.41) is 2.95. The van der Waals surface area contributed by atoms with Gasteiger partial charge in [0.15, 0.2) is 0 Å². The lowest BCUT2D eigenvalue weighted by Gasteiger charge is -2.33. The highest BCUT2D eigenvalue weighted by atomic mass is 32.2. The molecule has 2 atom stereocenters.